The maximum atomic E-state index is 13.8. The predicted octanol–water partition coefficient (Wildman–Crippen LogP) is 4.37. The zero-order valence-corrected chi connectivity index (χ0v) is 13.9. The first-order valence-corrected chi connectivity index (χ1v) is 8.18. The number of carbonyl (C=O) groups excluding carboxylic acids is 1. The van der Waals surface area contributed by atoms with Crippen molar-refractivity contribution in [2.75, 3.05) is 25.5 Å². The highest BCUT2D eigenvalue weighted by molar-refractivity contribution is 5.98. The molecule has 1 heterocycles. The molecule has 3 nitrogen and oxygen atoms in total. The second-order valence-electron chi connectivity index (χ2n) is 6.39. The zero-order valence-electron chi connectivity index (χ0n) is 13.9. The monoisotopic (exact) mass is 348 g/mol. The number of piperidine rings is 1. The van der Waals surface area contributed by atoms with E-state index < -0.39 is 17.5 Å². The van der Waals surface area contributed by atoms with Gasteiger partial charge in [-0.25, -0.2) is 13.2 Å². The van der Waals surface area contributed by atoms with Crippen LogP contribution in [0.2, 0.25) is 0 Å². The van der Waals surface area contributed by atoms with Crippen molar-refractivity contribution in [3.63, 3.8) is 0 Å². The minimum atomic E-state index is -1.24. The highest BCUT2D eigenvalue weighted by Gasteiger charge is 2.24. The van der Waals surface area contributed by atoms with Gasteiger partial charge in [-0.1, -0.05) is 12.1 Å². The molecule has 0 amide bonds. The van der Waals surface area contributed by atoms with E-state index in [1.165, 1.54) is 0 Å². The third-order valence-corrected chi connectivity index (χ3v) is 4.53. The van der Waals surface area contributed by atoms with Gasteiger partial charge in [0.25, 0.3) is 0 Å². The molecule has 1 N–H and O–H groups in total. The van der Waals surface area contributed by atoms with Crippen molar-refractivity contribution in [3.8, 4) is 0 Å². The van der Waals surface area contributed by atoms with E-state index in [-0.39, 0.29) is 17.4 Å². The lowest BCUT2D eigenvalue weighted by molar-refractivity contribution is 0.0857. The Morgan fingerprint density at radius 2 is 1.72 bits per heavy atom. The molecule has 2 aromatic carbocycles. The lowest BCUT2D eigenvalue weighted by atomic mass is 9.89. The molecule has 6 heteroatoms. The summed E-state index contributed by atoms with van der Waals surface area (Å²) in [5.74, 6) is -3.24. The number of likely N-dealkylation sites (tertiary alicyclic amines) is 1. The summed E-state index contributed by atoms with van der Waals surface area (Å²) >= 11 is 0. The van der Waals surface area contributed by atoms with Gasteiger partial charge in [0, 0.05) is 29.3 Å². The van der Waals surface area contributed by atoms with E-state index in [9.17, 15) is 18.0 Å². The fourth-order valence-corrected chi connectivity index (χ4v) is 3.03. The zero-order chi connectivity index (χ0) is 18.0. The molecule has 0 atom stereocenters. The first kappa shape index (κ1) is 17.5. The fraction of sp³-hybridized carbons (Fsp3) is 0.316. The Morgan fingerprint density at radius 3 is 2.44 bits per heavy atom. The average molecular weight is 348 g/mol. The number of rotatable bonds is 4. The number of benzene rings is 2. The van der Waals surface area contributed by atoms with E-state index in [0.717, 1.165) is 32.0 Å². The molecule has 0 radical (unpaired) electrons. The number of Topliss-reactive ketones (excluding diaryl/α,β-unsaturated/α-hetero) is 1. The average Bonchev–Trinajstić information content (AvgIpc) is 2.60. The lowest BCUT2D eigenvalue weighted by Crippen LogP contribution is -2.33. The van der Waals surface area contributed by atoms with Crippen molar-refractivity contribution in [1.29, 1.82) is 0 Å². The Labute approximate surface area is 144 Å². The molecule has 1 saturated heterocycles. The van der Waals surface area contributed by atoms with Crippen molar-refractivity contribution in [2.45, 2.75) is 12.8 Å². The van der Waals surface area contributed by atoms with Crippen LogP contribution in [0.25, 0.3) is 0 Å². The van der Waals surface area contributed by atoms with Crippen LogP contribution in [0.1, 0.15) is 23.2 Å². The summed E-state index contributed by atoms with van der Waals surface area (Å²) in [6.07, 6.45) is 1.62. The molecule has 132 valence electrons. The van der Waals surface area contributed by atoms with Gasteiger partial charge in [-0.3, -0.25) is 4.79 Å². The molecule has 0 saturated carbocycles. The summed E-state index contributed by atoms with van der Waals surface area (Å²) in [6, 6.07) is 7.91. The van der Waals surface area contributed by atoms with Gasteiger partial charge in [0.1, 0.15) is 5.82 Å². The smallest absolute Gasteiger partial charge is 0.166 e. The third-order valence-electron chi connectivity index (χ3n) is 4.53. The van der Waals surface area contributed by atoms with Gasteiger partial charge in [-0.2, -0.15) is 0 Å². The minimum absolute atomic E-state index is 0.0218. The topological polar surface area (TPSA) is 32.3 Å². The van der Waals surface area contributed by atoms with Crippen molar-refractivity contribution in [3.05, 3.63) is 59.4 Å². The summed E-state index contributed by atoms with van der Waals surface area (Å²) in [4.78, 5) is 14.8. The number of anilines is 2. The summed E-state index contributed by atoms with van der Waals surface area (Å²) in [5.41, 5.74) is 0.800. The second-order valence-corrected chi connectivity index (χ2v) is 6.39. The Hall–Kier alpha value is -2.34. The van der Waals surface area contributed by atoms with Crippen LogP contribution >= 0.6 is 0 Å². The van der Waals surface area contributed by atoms with Crippen molar-refractivity contribution >= 4 is 17.2 Å². The molecule has 1 aliphatic rings. The molecule has 1 aliphatic heterocycles. The van der Waals surface area contributed by atoms with Crippen LogP contribution in [-0.2, 0) is 0 Å². The molecule has 0 unspecified atom stereocenters. The Bertz CT molecular complexity index is 786. The van der Waals surface area contributed by atoms with E-state index in [1.54, 1.807) is 24.3 Å². The highest BCUT2D eigenvalue weighted by atomic mass is 19.2. The summed E-state index contributed by atoms with van der Waals surface area (Å²) < 4.78 is 40.1. The lowest BCUT2D eigenvalue weighted by Gasteiger charge is -2.28. The molecule has 25 heavy (non-hydrogen) atoms. The Balaban J connectivity index is 1.78. The minimum Gasteiger partial charge on any atom is -0.353 e. The number of nitrogens with zero attached hydrogens (tertiary/aromatic N) is 1. The maximum Gasteiger partial charge on any atom is 0.166 e. The number of halogens is 3. The number of nitrogens with one attached hydrogen (secondary N) is 1. The largest absolute Gasteiger partial charge is 0.353 e. The SMILES string of the molecule is CN1CCC(C(=O)c2cccc(Nc3cc(F)c(F)cc3F)c2)CC1. The summed E-state index contributed by atoms with van der Waals surface area (Å²) in [7, 11) is 2.03. The molecular weight excluding hydrogens is 329 g/mol. The van der Waals surface area contributed by atoms with Gasteiger partial charge in [-0.15, -0.1) is 0 Å². The Morgan fingerprint density at radius 1 is 1.04 bits per heavy atom. The van der Waals surface area contributed by atoms with Gasteiger partial charge in [-0.05, 0) is 45.1 Å². The highest BCUT2D eigenvalue weighted by Crippen LogP contribution is 2.26. The number of carbonyl (C=O) groups is 1. The van der Waals surface area contributed by atoms with Gasteiger partial charge < -0.3 is 10.2 Å². The normalized spacial score (nSPS) is 16.0. The van der Waals surface area contributed by atoms with Crippen molar-refractivity contribution in [1.82, 2.24) is 4.90 Å². The van der Waals surface area contributed by atoms with Crippen molar-refractivity contribution in [2.24, 2.45) is 5.92 Å². The van der Waals surface area contributed by atoms with Crippen LogP contribution in [0.4, 0.5) is 24.5 Å². The van der Waals surface area contributed by atoms with Crippen LogP contribution < -0.4 is 5.32 Å². The van der Waals surface area contributed by atoms with Crippen LogP contribution in [0.3, 0.4) is 0 Å². The molecule has 0 spiro atoms. The predicted molar refractivity (Wildman–Crippen MR) is 90.6 cm³/mol. The Kier molecular flexibility index (Phi) is 5.08. The van der Waals surface area contributed by atoms with Gasteiger partial charge in [0.15, 0.2) is 17.4 Å². The molecule has 3 rings (SSSR count). The summed E-state index contributed by atoms with van der Waals surface area (Å²) in [6.45, 7) is 1.77. The van der Waals surface area contributed by atoms with E-state index in [1.807, 2.05) is 7.05 Å². The van der Waals surface area contributed by atoms with Gasteiger partial charge >= 0.3 is 0 Å². The van der Waals surface area contributed by atoms with E-state index >= 15 is 0 Å². The molecule has 1 fully saturated rings. The number of hydrogen-bond donors (Lipinski definition) is 1. The summed E-state index contributed by atoms with van der Waals surface area (Å²) in [5, 5.41) is 2.70. The van der Waals surface area contributed by atoms with Gasteiger partial charge in [0.05, 0.1) is 5.69 Å². The van der Waals surface area contributed by atoms with Crippen LogP contribution in [-0.4, -0.2) is 30.8 Å². The molecule has 0 aliphatic carbocycles. The van der Waals surface area contributed by atoms with Gasteiger partial charge in [0.2, 0.25) is 0 Å². The number of ketones is 1. The van der Waals surface area contributed by atoms with Crippen molar-refractivity contribution < 1.29 is 18.0 Å². The van der Waals surface area contributed by atoms with Crippen LogP contribution in [0, 0.1) is 23.4 Å². The molecule has 2 aromatic rings. The van der Waals surface area contributed by atoms with Crippen LogP contribution in [0.5, 0.6) is 0 Å². The molecule has 0 aromatic heterocycles. The van der Waals surface area contributed by atoms with Crippen LogP contribution in [0.15, 0.2) is 36.4 Å². The maximum absolute atomic E-state index is 13.8. The van der Waals surface area contributed by atoms with E-state index in [0.29, 0.717) is 17.3 Å². The first-order valence-electron chi connectivity index (χ1n) is 8.18. The standard InChI is InChI=1S/C19H19F3N2O/c1-24-7-5-12(6-8-24)19(25)13-3-2-4-14(9-13)23-18-11-16(21)15(20)10-17(18)22/h2-4,9-12,23H,5-8H2,1H3. The van der Waals surface area contributed by atoms with E-state index in [2.05, 4.69) is 10.2 Å². The third kappa shape index (κ3) is 4.02. The molecular formula is C19H19F3N2O. The molecule has 0 bridgehead atoms. The van der Waals surface area contributed by atoms with E-state index in [4.69, 9.17) is 0 Å². The first-order chi connectivity index (χ1) is 11.9. The second kappa shape index (κ2) is 7.27. The quantitative estimate of drug-likeness (QED) is 0.658. The number of hydrogen-bond acceptors (Lipinski definition) is 3. The fourth-order valence-electron chi connectivity index (χ4n) is 3.03.